The van der Waals surface area contributed by atoms with Gasteiger partial charge in [-0.1, -0.05) is 0 Å². The topological polar surface area (TPSA) is 94.1 Å². The molecule has 0 aliphatic carbocycles. The molecule has 1 aromatic rings. The highest BCUT2D eigenvalue weighted by molar-refractivity contribution is 5.41. The average molecular weight is 210 g/mol. The Bertz CT molecular complexity index is 348. The zero-order valence-electron chi connectivity index (χ0n) is 8.73. The maximum absolute atomic E-state index is 10.4. The van der Waals surface area contributed by atoms with Crippen molar-refractivity contribution >= 4 is 11.5 Å². The molecular weight excluding hydrogens is 196 g/mol. The van der Waals surface area contributed by atoms with Gasteiger partial charge in [0.05, 0.1) is 4.92 Å². The van der Waals surface area contributed by atoms with Gasteiger partial charge in [0.15, 0.2) is 0 Å². The zero-order valence-corrected chi connectivity index (χ0v) is 8.73. The summed E-state index contributed by atoms with van der Waals surface area (Å²) in [6.45, 7) is 4.30. The Kier molecular flexibility index (Phi) is 3.21. The van der Waals surface area contributed by atoms with Crippen molar-refractivity contribution in [3.05, 3.63) is 28.4 Å². The van der Waals surface area contributed by atoms with Crippen LogP contribution in [0.25, 0.3) is 0 Å². The highest BCUT2D eigenvalue weighted by Gasteiger charge is 2.15. The molecule has 0 atom stereocenters. The smallest absolute Gasteiger partial charge is 0.287 e. The second-order valence-corrected chi connectivity index (χ2v) is 3.87. The van der Waals surface area contributed by atoms with Gasteiger partial charge in [-0.2, -0.15) is 0 Å². The van der Waals surface area contributed by atoms with Gasteiger partial charge in [0, 0.05) is 18.2 Å². The van der Waals surface area contributed by atoms with E-state index in [0.29, 0.717) is 12.4 Å². The van der Waals surface area contributed by atoms with Crippen LogP contribution in [0, 0.1) is 10.1 Å². The van der Waals surface area contributed by atoms with Gasteiger partial charge in [-0.3, -0.25) is 10.1 Å². The van der Waals surface area contributed by atoms with E-state index in [1.54, 1.807) is 6.07 Å². The van der Waals surface area contributed by atoms with E-state index in [4.69, 9.17) is 5.73 Å². The van der Waals surface area contributed by atoms with Crippen molar-refractivity contribution in [1.82, 2.24) is 4.98 Å². The van der Waals surface area contributed by atoms with E-state index in [1.165, 1.54) is 12.3 Å². The maximum Gasteiger partial charge on any atom is 0.287 e. The lowest BCUT2D eigenvalue weighted by atomic mass is 10.1. The molecule has 0 fully saturated rings. The van der Waals surface area contributed by atoms with Gasteiger partial charge < -0.3 is 11.1 Å². The van der Waals surface area contributed by atoms with E-state index in [9.17, 15) is 10.1 Å². The van der Waals surface area contributed by atoms with Crippen molar-refractivity contribution in [3.63, 3.8) is 0 Å². The fraction of sp³-hybridized carbons (Fsp3) is 0.444. The summed E-state index contributed by atoms with van der Waals surface area (Å²) in [6.07, 6.45) is 1.22. The van der Waals surface area contributed by atoms with Crippen LogP contribution < -0.4 is 11.1 Å². The van der Waals surface area contributed by atoms with E-state index in [2.05, 4.69) is 10.3 Å². The fourth-order valence-electron chi connectivity index (χ4n) is 0.966. The summed E-state index contributed by atoms with van der Waals surface area (Å²) in [6, 6.07) is 2.97. The highest BCUT2D eigenvalue weighted by atomic mass is 16.6. The minimum Gasteiger partial charge on any atom is -0.364 e. The van der Waals surface area contributed by atoms with Gasteiger partial charge in [-0.05, 0) is 19.9 Å². The van der Waals surface area contributed by atoms with Crippen molar-refractivity contribution in [3.8, 4) is 0 Å². The number of hydrogen-bond donors (Lipinski definition) is 2. The third-order valence-electron chi connectivity index (χ3n) is 1.94. The van der Waals surface area contributed by atoms with Crippen LogP contribution in [-0.2, 0) is 0 Å². The number of aromatic nitrogens is 1. The Morgan fingerprint density at radius 1 is 1.60 bits per heavy atom. The molecule has 6 heteroatoms. The lowest BCUT2D eigenvalue weighted by Crippen LogP contribution is -2.39. The molecule has 0 bridgehead atoms. The molecule has 0 aliphatic heterocycles. The standard InChI is InChI=1S/C9H14N4O2/c1-9(2,6-10)12-8-4-3-7(5-11-8)13(14)15/h3-5H,6,10H2,1-2H3,(H,11,12). The first-order chi connectivity index (χ1) is 6.94. The normalized spacial score (nSPS) is 11.1. The summed E-state index contributed by atoms with van der Waals surface area (Å²) in [5.74, 6) is 0.580. The summed E-state index contributed by atoms with van der Waals surface area (Å²) in [4.78, 5) is 13.8. The van der Waals surface area contributed by atoms with Gasteiger partial charge >= 0.3 is 0 Å². The largest absolute Gasteiger partial charge is 0.364 e. The van der Waals surface area contributed by atoms with Crippen molar-refractivity contribution in [2.75, 3.05) is 11.9 Å². The molecule has 15 heavy (non-hydrogen) atoms. The predicted molar refractivity (Wildman–Crippen MR) is 57.6 cm³/mol. The molecule has 0 spiro atoms. The summed E-state index contributed by atoms with van der Waals surface area (Å²) < 4.78 is 0. The van der Waals surface area contributed by atoms with Crippen LogP contribution in [0.4, 0.5) is 11.5 Å². The van der Waals surface area contributed by atoms with Crippen LogP contribution >= 0.6 is 0 Å². The average Bonchev–Trinajstić information content (AvgIpc) is 2.18. The third-order valence-corrected chi connectivity index (χ3v) is 1.94. The van der Waals surface area contributed by atoms with E-state index < -0.39 is 4.92 Å². The number of nitrogens with two attached hydrogens (primary N) is 1. The molecule has 1 aromatic heterocycles. The fourth-order valence-corrected chi connectivity index (χ4v) is 0.966. The zero-order chi connectivity index (χ0) is 11.5. The summed E-state index contributed by atoms with van der Waals surface area (Å²) >= 11 is 0. The van der Waals surface area contributed by atoms with Crippen LogP contribution in [0.5, 0.6) is 0 Å². The van der Waals surface area contributed by atoms with Gasteiger partial charge in [0.2, 0.25) is 0 Å². The summed E-state index contributed by atoms with van der Waals surface area (Å²) in [5.41, 5.74) is 5.24. The van der Waals surface area contributed by atoms with Crippen LogP contribution in [0.3, 0.4) is 0 Å². The predicted octanol–water partition coefficient (Wildman–Crippen LogP) is 1.14. The Hall–Kier alpha value is -1.69. The van der Waals surface area contributed by atoms with E-state index in [1.807, 2.05) is 13.8 Å². The number of nitrogens with one attached hydrogen (secondary N) is 1. The first-order valence-electron chi connectivity index (χ1n) is 4.53. The molecule has 0 amide bonds. The first-order valence-corrected chi connectivity index (χ1v) is 4.53. The van der Waals surface area contributed by atoms with Gasteiger partial charge in [0.1, 0.15) is 12.0 Å². The molecule has 3 N–H and O–H groups in total. The van der Waals surface area contributed by atoms with Crippen LogP contribution in [0.2, 0.25) is 0 Å². The molecule has 0 unspecified atom stereocenters. The molecular formula is C9H14N4O2. The molecule has 0 saturated carbocycles. The van der Waals surface area contributed by atoms with E-state index >= 15 is 0 Å². The minimum atomic E-state index is -0.481. The maximum atomic E-state index is 10.4. The van der Waals surface area contributed by atoms with Gasteiger partial charge in [-0.25, -0.2) is 4.98 Å². The number of hydrogen-bond acceptors (Lipinski definition) is 5. The summed E-state index contributed by atoms with van der Waals surface area (Å²) in [5, 5.41) is 13.5. The summed E-state index contributed by atoms with van der Waals surface area (Å²) in [7, 11) is 0. The van der Waals surface area contributed by atoms with Gasteiger partial charge in [0.25, 0.3) is 5.69 Å². The second kappa shape index (κ2) is 4.22. The quantitative estimate of drug-likeness (QED) is 0.574. The van der Waals surface area contributed by atoms with Gasteiger partial charge in [-0.15, -0.1) is 0 Å². The molecule has 6 nitrogen and oxygen atoms in total. The molecule has 0 aliphatic rings. The van der Waals surface area contributed by atoms with E-state index in [-0.39, 0.29) is 11.2 Å². The Balaban J connectivity index is 2.77. The number of rotatable bonds is 4. The van der Waals surface area contributed by atoms with Crippen LogP contribution in [0.15, 0.2) is 18.3 Å². The lowest BCUT2D eigenvalue weighted by Gasteiger charge is -2.24. The first kappa shape index (κ1) is 11.4. The van der Waals surface area contributed by atoms with Crippen molar-refractivity contribution in [1.29, 1.82) is 0 Å². The van der Waals surface area contributed by atoms with Crippen molar-refractivity contribution in [2.24, 2.45) is 5.73 Å². The van der Waals surface area contributed by atoms with Crippen LogP contribution in [0.1, 0.15) is 13.8 Å². The SMILES string of the molecule is CC(C)(CN)Nc1ccc([N+](=O)[O-])cn1. The molecule has 1 heterocycles. The second-order valence-electron chi connectivity index (χ2n) is 3.87. The Morgan fingerprint density at radius 2 is 2.27 bits per heavy atom. The monoisotopic (exact) mass is 210 g/mol. The number of nitro groups is 1. The number of nitrogens with zero attached hydrogens (tertiary/aromatic N) is 2. The lowest BCUT2D eigenvalue weighted by molar-refractivity contribution is -0.385. The third kappa shape index (κ3) is 3.17. The Morgan fingerprint density at radius 3 is 2.67 bits per heavy atom. The molecule has 0 saturated heterocycles. The minimum absolute atomic E-state index is 0.0221. The molecule has 82 valence electrons. The highest BCUT2D eigenvalue weighted by Crippen LogP contribution is 2.15. The molecule has 0 radical (unpaired) electrons. The van der Waals surface area contributed by atoms with Crippen molar-refractivity contribution in [2.45, 2.75) is 19.4 Å². The van der Waals surface area contributed by atoms with Crippen molar-refractivity contribution < 1.29 is 4.92 Å². The van der Waals surface area contributed by atoms with Crippen LogP contribution in [-0.4, -0.2) is 22.0 Å². The number of pyridine rings is 1. The molecule has 1 rings (SSSR count). The Labute approximate surface area is 87.7 Å². The molecule has 0 aromatic carbocycles. The number of anilines is 1. The van der Waals surface area contributed by atoms with E-state index in [0.717, 1.165) is 0 Å².